The maximum atomic E-state index is 7.72. The Labute approximate surface area is 97.7 Å². The monoisotopic (exact) mass is 224 g/mol. The van der Waals surface area contributed by atoms with E-state index in [1.54, 1.807) is 24.4 Å². The average Bonchev–Trinajstić information content (AvgIpc) is 2.48. The highest BCUT2D eigenvalue weighted by atomic mass is 14.8. The molecule has 1 aliphatic carbocycles. The standard InChI is InChI=1S/C13H12N4/c14-7-2-1-3-8-9(6-7)12-11(8)10(15)4-5-17-13(12)16/h1-6,14,17H,15-16H2. The highest BCUT2D eigenvalue weighted by molar-refractivity contribution is 6.20. The van der Waals surface area contributed by atoms with Crippen LogP contribution >= 0.6 is 0 Å². The van der Waals surface area contributed by atoms with Crippen molar-refractivity contribution in [3.63, 3.8) is 0 Å². The predicted octanol–water partition coefficient (Wildman–Crippen LogP) is 1.92. The minimum Gasteiger partial charge on any atom is -0.398 e. The molecule has 4 heteroatoms. The third-order valence-corrected chi connectivity index (χ3v) is 2.98. The Morgan fingerprint density at radius 1 is 1.00 bits per heavy atom. The van der Waals surface area contributed by atoms with Gasteiger partial charge in [-0.25, -0.2) is 0 Å². The first-order valence-corrected chi connectivity index (χ1v) is 5.31. The van der Waals surface area contributed by atoms with Crippen molar-refractivity contribution in [1.29, 1.82) is 5.41 Å². The lowest BCUT2D eigenvalue weighted by Gasteiger charge is -2.16. The number of hydrogen-bond acceptors (Lipinski definition) is 3. The normalized spacial score (nSPS) is 11.1. The van der Waals surface area contributed by atoms with Crippen molar-refractivity contribution in [2.75, 3.05) is 11.5 Å². The van der Waals surface area contributed by atoms with E-state index in [-0.39, 0.29) is 0 Å². The molecule has 0 bridgehead atoms. The van der Waals surface area contributed by atoms with E-state index in [1.165, 1.54) is 0 Å². The van der Waals surface area contributed by atoms with Gasteiger partial charge in [0.05, 0.1) is 5.36 Å². The number of nitrogen functional groups attached to an aromatic ring is 2. The minimum absolute atomic E-state index is 0.460. The van der Waals surface area contributed by atoms with Gasteiger partial charge in [-0.3, -0.25) is 0 Å². The third kappa shape index (κ3) is 1.27. The van der Waals surface area contributed by atoms with Gasteiger partial charge in [0.25, 0.3) is 0 Å². The third-order valence-electron chi connectivity index (χ3n) is 2.98. The molecule has 0 amide bonds. The Bertz CT molecular complexity index is 742. The summed E-state index contributed by atoms with van der Waals surface area (Å²) >= 11 is 0. The number of hydrogen-bond donors (Lipinski definition) is 4. The molecule has 1 aliphatic heterocycles. The fraction of sp³-hybridized carbons (Fsp3) is 0. The summed E-state index contributed by atoms with van der Waals surface area (Å²) in [5.74, 6) is 0.579. The van der Waals surface area contributed by atoms with Crippen molar-refractivity contribution in [2.24, 2.45) is 0 Å². The molecule has 2 aliphatic rings. The zero-order valence-electron chi connectivity index (χ0n) is 9.12. The van der Waals surface area contributed by atoms with E-state index in [9.17, 15) is 0 Å². The molecule has 0 saturated carbocycles. The Morgan fingerprint density at radius 3 is 2.65 bits per heavy atom. The Balaban J connectivity index is 2.62. The number of nitrogens with two attached hydrogens (primary N) is 2. The Kier molecular flexibility index (Phi) is 1.86. The minimum atomic E-state index is 0.460. The molecule has 4 nitrogen and oxygen atoms in total. The maximum Gasteiger partial charge on any atom is 0.109 e. The van der Waals surface area contributed by atoms with Crippen LogP contribution in [0.4, 0.5) is 11.5 Å². The van der Waals surface area contributed by atoms with Gasteiger partial charge in [-0.05, 0) is 29.0 Å². The van der Waals surface area contributed by atoms with Crippen LogP contribution in [0.5, 0.6) is 0 Å². The number of nitrogens with one attached hydrogen (secondary N) is 2. The van der Waals surface area contributed by atoms with Crippen LogP contribution in [0.2, 0.25) is 0 Å². The Morgan fingerprint density at radius 2 is 1.82 bits per heavy atom. The van der Waals surface area contributed by atoms with Crippen molar-refractivity contribution in [1.82, 2.24) is 4.98 Å². The van der Waals surface area contributed by atoms with Crippen LogP contribution < -0.4 is 16.8 Å². The molecule has 1 aromatic rings. The molecule has 0 aromatic heterocycles. The van der Waals surface area contributed by atoms with Gasteiger partial charge in [0, 0.05) is 23.0 Å². The molecule has 6 N–H and O–H groups in total. The second-order valence-corrected chi connectivity index (χ2v) is 4.05. The highest BCUT2D eigenvalue weighted by Gasteiger charge is 2.20. The van der Waals surface area contributed by atoms with Crippen LogP contribution in [0.1, 0.15) is 0 Å². The summed E-state index contributed by atoms with van der Waals surface area (Å²) in [6.45, 7) is 0. The number of anilines is 2. The van der Waals surface area contributed by atoms with E-state index in [0.29, 0.717) is 16.9 Å². The van der Waals surface area contributed by atoms with Crippen LogP contribution in [-0.2, 0) is 0 Å². The van der Waals surface area contributed by atoms with Crippen LogP contribution in [0.3, 0.4) is 0 Å². The van der Waals surface area contributed by atoms with E-state index < -0.39 is 0 Å². The summed E-state index contributed by atoms with van der Waals surface area (Å²) in [5, 5.41) is 10.2. The largest absolute Gasteiger partial charge is 0.398 e. The summed E-state index contributed by atoms with van der Waals surface area (Å²) in [4.78, 5) is 2.97. The summed E-state index contributed by atoms with van der Waals surface area (Å²) in [6, 6.07) is 9.17. The summed E-state index contributed by atoms with van der Waals surface area (Å²) < 4.78 is 0. The van der Waals surface area contributed by atoms with Gasteiger partial charge >= 0.3 is 0 Å². The first-order chi connectivity index (χ1) is 8.18. The zero-order valence-corrected chi connectivity index (χ0v) is 9.12. The molecular weight excluding hydrogens is 212 g/mol. The lowest BCUT2D eigenvalue weighted by atomic mass is 9.89. The van der Waals surface area contributed by atoms with Crippen LogP contribution in [0.15, 0.2) is 36.5 Å². The number of aromatic nitrogens is 1. The summed E-state index contributed by atoms with van der Waals surface area (Å²) in [7, 11) is 0. The molecule has 0 saturated heterocycles. The molecule has 0 atom stereocenters. The van der Waals surface area contributed by atoms with Crippen molar-refractivity contribution in [2.45, 2.75) is 0 Å². The maximum absolute atomic E-state index is 7.72. The fourth-order valence-electron chi connectivity index (χ4n) is 2.21. The Hall–Kier alpha value is -2.49. The van der Waals surface area contributed by atoms with Crippen molar-refractivity contribution < 1.29 is 0 Å². The van der Waals surface area contributed by atoms with E-state index in [2.05, 4.69) is 4.98 Å². The number of aromatic amines is 1. The van der Waals surface area contributed by atoms with E-state index in [0.717, 1.165) is 21.9 Å². The molecule has 0 spiro atoms. The van der Waals surface area contributed by atoms with Gasteiger partial charge in [0.1, 0.15) is 5.82 Å². The number of rotatable bonds is 0. The summed E-state index contributed by atoms with van der Waals surface area (Å²) in [6.07, 6.45) is 1.73. The average molecular weight is 224 g/mol. The van der Waals surface area contributed by atoms with Gasteiger partial charge in [0.2, 0.25) is 0 Å². The molecule has 0 radical (unpaired) electrons. The fourth-order valence-corrected chi connectivity index (χ4v) is 2.21. The topological polar surface area (TPSA) is 91.7 Å². The number of H-pyrrole nitrogens is 1. The van der Waals surface area contributed by atoms with Gasteiger partial charge in [0.15, 0.2) is 0 Å². The molecule has 0 unspecified atom stereocenters. The van der Waals surface area contributed by atoms with Crippen LogP contribution in [-0.4, -0.2) is 4.98 Å². The molecule has 0 fully saturated rings. The summed E-state index contributed by atoms with van der Waals surface area (Å²) in [5.41, 5.74) is 14.5. The quantitative estimate of drug-likeness (QED) is 0.469. The first-order valence-electron chi connectivity index (χ1n) is 5.31. The second kappa shape index (κ2) is 3.25. The van der Waals surface area contributed by atoms with E-state index in [4.69, 9.17) is 16.9 Å². The van der Waals surface area contributed by atoms with Crippen molar-refractivity contribution in [3.8, 4) is 11.1 Å². The lowest BCUT2D eigenvalue weighted by Crippen LogP contribution is -2.00. The van der Waals surface area contributed by atoms with Gasteiger partial charge in [-0.15, -0.1) is 0 Å². The van der Waals surface area contributed by atoms with Gasteiger partial charge < -0.3 is 21.9 Å². The molecule has 1 heterocycles. The van der Waals surface area contributed by atoms with Crippen molar-refractivity contribution in [3.05, 3.63) is 41.9 Å². The van der Waals surface area contributed by atoms with Crippen LogP contribution in [0, 0.1) is 5.41 Å². The van der Waals surface area contributed by atoms with Gasteiger partial charge in [-0.1, -0.05) is 12.1 Å². The number of fused-ring (bicyclic) bond motifs is 4. The van der Waals surface area contributed by atoms with Crippen LogP contribution in [0.25, 0.3) is 21.9 Å². The zero-order chi connectivity index (χ0) is 12.0. The van der Waals surface area contributed by atoms with E-state index in [1.807, 2.05) is 12.1 Å². The lowest BCUT2D eigenvalue weighted by molar-refractivity contribution is 1.29. The molecule has 1 aromatic carbocycles. The predicted molar refractivity (Wildman–Crippen MR) is 69.6 cm³/mol. The van der Waals surface area contributed by atoms with Gasteiger partial charge in [-0.2, -0.15) is 0 Å². The SMILES string of the molecule is N=c1cccc2c3c(N)cc[nH]c(N)c-3c2c1. The molecule has 17 heavy (non-hydrogen) atoms. The van der Waals surface area contributed by atoms with E-state index >= 15 is 0 Å². The highest BCUT2D eigenvalue weighted by Crippen LogP contribution is 2.45. The van der Waals surface area contributed by atoms with Crippen molar-refractivity contribution >= 4 is 22.3 Å². The molecule has 3 rings (SSSR count). The smallest absolute Gasteiger partial charge is 0.109 e. The molecular formula is C13H12N4. The second-order valence-electron chi connectivity index (χ2n) is 4.05. The first kappa shape index (κ1) is 9.72. The molecule has 84 valence electrons.